The first-order valence-corrected chi connectivity index (χ1v) is 12.1. The van der Waals surface area contributed by atoms with E-state index in [1.807, 2.05) is 50.2 Å². The normalized spacial score (nSPS) is 11.8. The minimum Gasteiger partial charge on any atom is -0.325 e. The lowest BCUT2D eigenvalue weighted by molar-refractivity contribution is -0.116. The van der Waals surface area contributed by atoms with E-state index < -0.39 is 15.9 Å². The number of nitrogens with zero attached hydrogens (tertiary/aromatic N) is 3. The first-order valence-electron chi connectivity index (χ1n) is 9.81. The SMILES string of the molecule is Cc1cc(C)nc(Sc2ccc(NC(=O)CN(C)S(=O)(=O)/C=C/c3ccccc3)cc2)n1. The Labute approximate surface area is 192 Å². The van der Waals surface area contributed by atoms with Gasteiger partial charge in [-0.2, -0.15) is 4.31 Å². The van der Waals surface area contributed by atoms with Crippen molar-refractivity contribution in [2.24, 2.45) is 0 Å². The van der Waals surface area contributed by atoms with Gasteiger partial charge in [-0.3, -0.25) is 4.79 Å². The van der Waals surface area contributed by atoms with Gasteiger partial charge in [-0.05, 0) is 67.6 Å². The van der Waals surface area contributed by atoms with E-state index in [1.165, 1.54) is 24.9 Å². The van der Waals surface area contributed by atoms with Crippen LogP contribution in [0.4, 0.5) is 5.69 Å². The lowest BCUT2D eigenvalue weighted by Gasteiger charge is -2.14. The number of rotatable bonds is 8. The van der Waals surface area contributed by atoms with Crippen molar-refractivity contribution < 1.29 is 13.2 Å². The van der Waals surface area contributed by atoms with Crippen LogP contribution in [0, 0.1) is 13.8 Å². The van der Waals surface area contributed by atoms with Gasteiger partial charge in [0.25, 0.3) is 0 Å². The van der Waals surface area contributed by atoms with Gasteiger partial charge < -0.3 is 5.32 Å². The molecule has 0 unspecified atom stereocenters. The third-order valence-corrected chi connectivity index (χ3v) is 6.69. The van der Waals surface area contributed by atoms with E-state index in [4.69, 9.17) is 0 Å². The first kappa shape index (κ1) is 23.6. The Morgan fingerprint density at radius 3 is 2.28 bits per heavy atom. The molecule has 0 atom stereocenters. The number of sulfonamides is 1. The highest BCUT2D eigenvalue weighted by Crippen LogP contribution is 2.26. The zero-order chi connectivity index (χ0) is 23.1. The number of nitrogens with one attached hydrogen (secondary N) is 1. The van der Waals surface area contributed by atoms with Gasteiger partial charge in [-0.1, -0.05) is 30.3 Å². The number of amides is 1. The summed E-state index contributed by atoms with van der Waals surface area (Å²) >= 11 is 1.43. The fourth-order valence-electron chi connectivity index (χ4n) is 2.78. The molecule has 0 saturated heterocycles. The van der Waals surface area contributed by atoms with Gasteiger partial charge in [-0.15, -0.1) is 0 Å². The van der Waals surface area contributed by atoms with E-state index in [-0.39, 0.29) is 6.54 Å². The van der Waals surface area contributed by atoms with Crippen LogP contribution < -0.4 is 5.32 Å². The summed E-state index contributed by atoms with van der Waals surface area (Å²) in [6.07, 6.45) is 1.50. The number of carbonyl (C=O) groups excluding carboxylic acids is 1. The third-order valence-electron chi connectivity index (χ3n) is 4.34. The molecule has 3 aromatic rings. The van der Waals surface area contributed by atoms with E-state index in [0.29, 0.717) is 10.8 Å². The number of anilines is 1. The molecule has 1 N–H and O–H groups in total. The molecule has 2 aromatic carbocycles. The van der Waals surface area contributed by atoms with Gasteiger partial charge in [0.15, 0.2) is 5.16 Å². The van der Waals surface area contributed by atoms with Crippen molar-refractivity contribution in [3.63, 3.8) is 0 Å². The largest absolute Gasteiger partial charge is 0.325 e. The van der Waals surface area contributed by atoms with Crippen molar-refractivity contribution in [3.05, 3.63) is 83.0 Å². The number of hydrogen-bond donors (Lipinski definition) is 1. The molecule has 0 bridgehead atoms. The molecule has 0 aliphatic heterocycles. The van der Waals surface area contributed by atoms with E-state index in [2.05, 4.69) is 15.3 Å². The first-order chi connectivity index (χ1) is 15.2. The molecule has 0 radical (unpaired) electrons. The van der Waals surface area contributed by atoms with E-state index in [0.717, 1.165) is 31.6 Å². The molecule has 0 aliphatic carbocycles. The van der Waals surface area contributed by atoms with Crippen LogP contribution in [-0.4, -0.2) is 42.2 Å². The Morgan fingerprint density at radius 2 is 1.66 bits per heavy atom. The lowest BCUT2D eigenvalue weighted by atomic mass is 10.2. The molecular formula is C23H24N4O3S2. The van der Waals surface area contributed by atoms with Crippen molar-refractivity contribution >= 4 is 39.5 Å². The Hall–Kier alpha value is -3.01. The van der Waals surface area contributed by atoms with Gasteiger partial charge >= 0.3 is 0 Å². The molecule has 0 saturated carbocycles. The smallest absolute Gasteiger partial charge is 0.239 e. The van der Waals surface area contributed by atoms with Gasteiger partial charge in [0.1, 0.15) is 0 Å². The average molecular weight is 469 g/mol. The molecule has 0 spiro atoms. The standard InChI is InChI=1S/C23H24N4O3S2/c1-17-15-18(2)25-23(24-17)31-21-11-9-20(10-12-21)26-22(28)16-27(3)32(29,30)14-13-19-7-5-4-6-8-19/h4-15H,16H2,1-3H3,(H,26,28)/b14-13+. The maximum atomic E-state index is 12.4. The summed E-state index contributed by atoms with van der Waals surface area (Å²) in [6, 6.07) is 18.2. The van der Waals surface area contributed by atoms with Crippen molar-refractivity contribution in [1.82, 2.24) is 14.3 Å². The molecule has 32 heavy (non-hydrogen) atoms. The second kappa shape index (κ2) is 10.5. The number of hydrogen-bond acceptors (Lipinski definition) is 6. The summed E-state index contributed by atoms with van der Waals surface area (Å²) < 4.78 is 25.8. The molecule has 3 rings (SSSR count). The van der Waals surface area contributed by atoms with Crippen LogP contribution in [0.5, 0.6) is 0 Å². The minimum absolute atomic E-state index is 0.297. The third kappa shape index (κ3) is 7.01. The zero-order valence-corrected chi connectivity index (χ0v) is 19.7. The highest BCUT2D eigenvalue weighted by atomic mass is 32.2. The Morgan fingerprint density at radius 1 is 1.03 bits per heavy atom. The van der Waals surface area contributed by atoms with Crippen LogP contribution in [0.15, 0.2) is 76.1 Å². The molecule has 0 aliphatic rings. The number of aryl methyl sites for hydroxylation is 2. The Kier molecular flexibility index (Phi) is 7.79. The average Bonchev–Trinajstić information content (AvgIpc) is 2.74. The van der Waals surface area contributed by atoms with Crippen LogP contribution in [0.3, 0.4) is 0 Å². The van der Waals surface area contributed by atoms with Crippen LogP contribution in [0.2, 0.25) is 0 Å². The summed E-state index contributed by atoms with van der Waals surface area (Å²) in [5.74, 6) is -0.428. The van der Waals surface area contributed by atoms with Crippen molar-refractivity contribution in [2.75, 3.05) is 18.9 Å². The predicted molar refractivity (Wildman–Crippen MR) is 128 cm³/mol. The molecule has 166 valence electrons. The molecule has 9 heteroatoms. The van der Waals surface area contributed by atoms with Gasteiger partial charge in [-0.25, -0.2) is 18.4 Å². The van der Waals surface area contributed by atoms with Crippen LogP contribution >= 0.6 is 11.8 Å². The topological polar surface area (TPSA) is 92.3 Å². The van der Waals surface area contributed by atoms with E-state index in [1.54, 1.807) is 24.3 Å². The zero-order valence-electron chi connectivity index (χ0n) is 18.0. The summed E-state index contributed by atoms with van der Waals surface area (Å²) in [5.41, 5.74) is 3.15. The second-order valence-corrected chi connectivity index (χ2v) is 10.1. The van der Waals surface area contributed by atoms with Crippen molar-refractivity contribution in [3.8, 4) is 0 Å². The lowest BCUT2D eigenvalue weighted by Crippen LogP contribution is -2.33. The monoisotopic (exact) mass is 468 g/mol. The van der Waals surface area contributed by atoms with Crippen LogP contribution in [0.1, 0.15) is 17.0 Å². The number of benzene rings is 2. The molecule has 1 heterocycles. The molecule has 1 amide bonds. The maximum Gasteiger partial charge on any atom is 0.239 e. The second-order valence-electron chi connectivity index (χ2n) is 7.12. The number of carbonyl (C=O) groups is 1. The molecule has 1 aromatic heterocycles. The Bertz CT molecular complexity index is 1190. The fourth-order valence-corrected chi connectivity index (χ4v) is 4.47. The predicted octanol–water partition coefficient (Wildman–Crippen LogP) is 4.12. The summed E-state index contributed by atoms with van der Waals surface area (Å²) in [6.45, 7) is 3.55. The van der Waals surface area contributed by atoms with Crippen molar-refractivity contribution in [1.29, 1.82) is 0 Å². The summed E-state index contributed by atoms with van der Waals surface area (Å²) in [5, 5.41) is 4.47. The maximum absolute atomic E-state index is 12.4. The van der Waals surface area contributed by atoms with E-state index >= 15 is 0 Å². The van der Waals surface area contributed by atoms with Gasteiger partial charge in [0.2, 0.25) is 15.9 Å². The highest BCUT2D eigenvalue weighted by Gasteiger charge is 2.17. The highest BCUT2D eigenvalue weighted by molar-refractivity contribution is 7.99. The fraction of sp³-hybridized carbons (Fsp3) is 0.174. The summed E-state index contributed by atoms with van der Waals surface area (Å²) in [4.78, 5) is 22.1. The van der Waals surface area contributed by atoms with Crippen molar-refractivity contribution in [2.45, 2.75) is 23.9 Å². The molecule has 0 fully saturated rings. The summed E-state index contributed by atoms with van der Waals surface area (Å²) in [7, 11) is -2.35. The quantitative estimate of drug-likeness (QED) is 0.500. The minimum atomic E-state index is -3.72. The molecular weight excluding hydrogens is 444 g/mol. The van der Waals surface area contributed by atoms with Gasteiger partial charge in [0, 0.05) is 34.4 Å². The van der Waals surface area contributed by atoms with Gasteiger partial charge in [0.05, 0.1) is 6.54 Å². The van der Waals surface area contributed by atoms with E-state index in [9.17, 15) is 13.2 Å². The molecule has 7 nitrogen and oxygen atoms in total. The number of aromatic nitrogens is 2. The van der Waals surface area contributed by atoms with Crippen LogP contribution in [0.25, 0.3) is 6.08 Å². The number of likely N-dealkylation sites (N-methyl/N-ethyl adjacent to an activating group) is 1. The Balaban J connectivity index is 1.56. The van der Waals surface area contributed by atoms with Crippen LogP contribution in [-0.2, 0) is 14.8 Å².